The molecule has 112 valence electrons. The zero-order valence-electron chi connectivity index (χ0n) is 11.7. The smallest absolute Gasteiger partial charge is 0.262 e. The van der Waals surface area contributed by atoms with Gasteiger partial charge in [-0.25, -0.2) is 4.98 Å². The molecule has 0 aliphatic heterocycles. The maximum Gasteiger partial charge on any atom is 0.262 e. The van der Waals surface area contributed by atoms with Gasteiger partial charge in [0.2, 0.25) is 0 Å². The molecule has 0 N–H and O–H groups in total. The highest BCUT2D eigenvalue weighted by molar-refractivity contribution is 9.11. The fourth-order valence-corrected chi connectivity index (χ4v) is 5.04. The molecule has 2 aromatic heterocycles. The lowest BCUT2D eigenvalue weighted by molar-refractivity contribution is 0.618. The van der Waals surface area contributed by atoms with Crippen molar-refractivity contribution in [2.24, 2.45) is 0 Å². The van der Waals surface area contributed by atoms with Crippen LogP contribution in [0.4, 0.5) is 0 Å². The third-order valence-corrected chi connectivity index (χ3v) is 6.47. The highest BCUT2D eigenvalue weighted by Crippen LogP contribution is 2.38. The summed E-state index contributed by atoms with van der Waals surface area (Å²) in [4.78, 5) is 18.8. The molecule has 0 atom stereocenters. The summed E-state index contributed by atoms with van der Waals surface area (Å²) in [6.45, 7) is 0. The molecule has 0 unspecified atom stereocenters. The maximum absolute atomic E-state index is 12.8. The average Bonchev–Trinajstić information content (AvgIpc) is 3.27. The second-order valence-electron chi connectivity index (χ2n) is 5.31. The molecule has 0 spiro atoms. The summed E-state index contributed by atoms with van der Waals surface area (Å²) >= 11 is 6.87. The quantitative estimate of drug-likeness (QED) is 0.470. The molecule has 3 aromatic rings. The largest absolute Gasteiger partial charge is 0.284 e. The van der Waals surface area contributed by atoms with Crippen molar-refractivity contribution in [1.29, 1.82) is 0 Å². The van der Waals surface area contributed by atoms with Gasteiger partial charge in [-0.1, -0.05) is 23.9 Å². The lowest BCUT2D eigenvalue weighted by Crippen LogP contribution is -2.22. The second kappa shape index (κ2) is 5.83. The van der Waals surface area contributed by atoms with Crippen LogP contribution in [0.15, 0.2) is 50.1 Å². The lowest BCUT2D eigenvalue weighted by Gasteiger charge is -2.11. The summed E-state index contributed by atoms with van der Waals surface area (Å²) in [6, 6.07) is 12.1. The van der Waals surface area contributed by atoms with Crippen LogP contribution in [0.5, 0.6) is 0 Å². The Hall–Kier alpha value is -1.11. The molecular formula is C16H13BrN2OS2. The van der Waals surface area contributed by atoms with Gasteiger partial charge in [-0.3, -0.25) is 9.36 Å². The lowest BCUT2D eigenvalue weighted by atomic mass is 10.2. The Morgan fingerprint density at radius 1 is 1.27 bits per heavy atom. The maximum atomic E-state index is 12.8. The van der Waals surface area contributed by atoms with Crippen molar-refractivity contribution >= 4 is 49.9 Å². The summed E-state index contributed by atoms with van der Waals surface area (Å²) in [5.41, 5.74) is 0.891. The summed E-state index contributed by atoms with van der Waals surface area (Å²) in [5.74, 6) is 0.841. The van der Waals surface area contributed by atoms with Crippen LogP contribution in [0, 0.1) is 0 Å². The third-order valence-electron chi connectivity index (χ3n) is 3.66. The van der Waals surface area contributed by atoms with E-state index in [9.17, 15) is 4.79 Å². The van der Waals surface area contributed by atoms with E-state index in [0.29, 0.717) is 6.04 Å². The first kappa shape index (κ1) is 14.5. The molecule has 1 aliphatic rings. The first-order valence-corrected chi connectivity index (χ1v) is 9.70. The first-order chi connectivity index (χ1) is 10.7. The van der Waals surface area contributed by atoms with Crippen LogP contribution in [-0.4, -0.2) is 9.55 Å². The molecular weight excluding hydrogens is 380 g/mol. The summed E-state index contributed by atoms with van der Waals surface area (Å²) in [7, 11) is 0. The van der Waals surface area contributed by atoms with Crippen LogP contribution in [0.1, 0.15) is 23.8 Å². The van der Waals surface area contributed by atoms with Crippen molar-refractivity contribution in [3.8, 4) is 0 Å². The van der Waals surface area contributed by atoms with Gasteiger partial charge in [-0.15, -0.1) is 11.3 Å². The van der Waals surface area contributed by atoms with Crippen molar-refractivity contribution in [3.05, 3.63) is 55.4 Å². The van der Waals surface area contributed by atoms with Crippen LogP contribution >= 0.6 is 39.0 Å². The molecule has 0 saturated heterocycles. The number of thiophene rings is 1. The predicted molar refractivity (Wildman–Crippen MR) is 95.9 cm³/mol. The number of hydrogen-bond acceptors (Lipinski definition) is 4. The molecule has 6 heteroatoms. The fourth-order valence-electron chi connectivity index (χ4n) is 2.45. The zero-order valence-corrected chi connectivity index (χ0v) is 14.9. The van der Waals surface area contributed by atoms with Gasteiger partial charge in [-0.2, -0.15) is 0 Å². The SMILES string of the molecule is O=c1c2ccccc2nc(SCc2ccc(Br)s2)n1C1CC1. The van der Waals surface area contributed by atoms with E-state index in [1.54, 1.807) is 23.1 Å². The van der Waals surface area contributed by atoms with Gasteiger partial charge in [0.1, 0.15) is 0 Å². The summed E-state index contributed by atoms with van der Waals surface area (Å²) in [5, 5.41) is 1.56. The molecule has 1 aromatic carbocycles. The molecule has 4 rings (SSSR count). The number of nitrogens with zero attached hydrogens (tertiary/aromatic N) is 2. The van der Waals surface area contributed by atoms with Crippen molar-refractivity contribution in [2.75, 3.05) is 0 Å². The number of benzene rings is 1. The van der Waals surface area contributed by atoms with Gasteiger partial charge in [-0.05, 0) is 53.0 Å². The summed E-state index contributed by atoms with van der Waals surface area (Å²) < 4.78 is 3.03. The fraction of sp³-hybridized carbons (Fsp3) is 0.250. The number of hydrogen-bond donors (Lipinski definition) is 0. The van der Waals surface area contributed by atoms with Crippen LogP contribution in [0.2, 0.25) is 0 Å². The van der Waals surface area contributed by atoms with E-state index in [0.717, 1.165) is 38.4 Å². The van der Waals surface area contributed by atoms with E-state index in [1.165, 1.54) is 4.88 Å². The van der Waals surface area contributed by atoms with Crippen LogP contribution in [0.3, 0.4) is 0 Å². The second-order valence-corrected chi connectivity index (χ2v) is 8.80. The topological polar surface area (TPSA) is 34.9 Å². The van der Waals surface area contributed by atoms with Crippen LogP contribution < -0.4 is 5.56 Å². The average molecular weight is 393 g/mol. The van der Waals surface area contributed by atoms with E-state index < -0.39 is 0 Å². The van der Waals surface area contributed by atoms with Gasteiger partial charge in [0.15, 0.2) is 5.16 Å². The molecule has 1 fully saturated rings. The van der Waals surface area contributed by atoms with E-state index in [4.69, 9.17) is 4.98 Å². The van der Waals surface area contributed by atoms with E-state index in [1.807, 2.05) is 28.8 Å². The molecule has 22 heavy (non-hydrogen) atoms. The highest BCUT2D eigenvalue weighted by atomic mass is 79.9. The number of fused-ring (bicyclic) bond motifs is 1. The monoisotopic (exact) mass is 392 g/mol. The van der Waals surface area contributed by atoms with Crippen molar-refractivity contribution in [2.45, 2.75) is 29.8 Å². The zero-order chi connectivity index (χ0) is 15.1. The van der Waals surface area contributed by atoms with Gasteiger partial charge in [0.05, 0.1) is 14.7 Å². The van der Waals surface area contributed by atoms with Crippen molar-refractivity contribution in [1.82, 2.24) is 9.55 Å². The van der Waals surface area contributed by atoms with Gasteiger partial charge >= 0.3 is 0 Å². The van der Waals surface area contributed by atoms with Crippen molar-refractivity contribution in [3.63, 3.8) is 0 Å². The minimum atomic E-state index is 0.1000. The Morgan fingerprint density at radius 2 is 2.09 bits per heavy atom. The Labute approximate surface area is 144 Å². The minimum absolute atomic E-state index is 0.1000. The first-order valence-electron chi connectivity index (χ1n) is 7.10. The predicted octanol–water partition coefficient (Wildman–Crippen LogP) is 4.85. The Balaban J connectivity index is 1.75. The Morgan fingerprint density at radius 3 is 2.82 bits per heavy atom. The Bertz CT molecular complexity index is 899. The van der Waals surface area contributed by atoms with E-state index in [-0.39, 0.29) is 5.56 Å². The Kier molecular flexibility index (Phi) is 3.84. The van der Waals surface area contributed by atoms with Crippen LogP contribution in [0.25, 0.3) is 10.9 Å². The molecule has 1 saturated carbocycles. The summed E-state index contributed by atoms with van der Waals surface area (Å²) in [6.07, 6.45) is 2.16. The standard InChI is InChI=1S/C16H13BrN2OS2/c17-14-8-7-11(22-14)9-21-16-18-13-4-2-1-3-12(13)15(20)19(16)10-5-6-10/h1-4,7-8,10H,5-6,9H2. The molecule has 0 bridgehead atoms. The third kappa shape index (κ3) is 2.75. The number of aromatic nitrogens is 2. The number of rotatable bonds is 4. The normalized spacial score (nSPS) is 14.6. The van der Waals surface area contributed by atoms with Crippen LogP contribution in [-0.2, 0) is 5.75 Å². The van der Waals surface area contributed by atoms with Crippen molar-refractivity contribution < 1.29 is 0 Å². The molecule has 0 radical (unpaired) electrons. The molecule has 2 heterocycles. The minimum Gasteiger partial charge on any atom is -0.284 e. The highest BCUT2D eigenvalue weighted by Gasteiger charge is 2.28. The van der Waals surface area contributed by atoms with E-state index >= 15 is 0 Å². The number of halogens is 1. The van der Waals surface area contributed by atoms with E-state index in [2.05, 4.69) is 28.1 Å². The van der Waals surface area contributed by atoms with Gasteiger partial charge in [0.25, 0.3) is 5.56 Å². The van der Waals surface area contributed by atoms with Gasteiger partial charge in [0, 0.05) is 16.7 Å². The number of para-hydroxylation sites is 1. The molecule has 0 amide bonds. The molecule has 1 aliphatic carbocycles. The van der Waals surface area contributed by atoms with Gasteiger partial charge < -0.3 is 0 Å². The number of thioether (sulfide) groups is 1. The molecule has 3 nitrogen and oxygen atoms in total.